The summed E-state index contributed by atoms with van der Waals surface area (Å²) in [5.74, 6) is -0.748. The van der Waals surface area contributed by atoms with Gasteiger partial charge in [0.25, 0.3) is 0 Å². The van der Waals surface area contributed by atoms with E-state index in [4.69, 9.17) is 16.3 Å². The van der Waals surface area contributed by atoms with Gasteiger partial charge in [-0.15, -0.1) is 6.58 Å². The average Bonchev–Trinajstić information content (AvgIpc) is 2.46. The molecule has 0 bridgehead atoms. The molecule has 1 amide bonds. The summed E-state index contributed by atoms with van der Waals surface area (Å²) >= 11 is 6.01. The number of rotatable bonds is 7. The van der Waals surface area contributed by atoms with Crippen molar-refractivity contribution in [3.8, 4) is 0 Å². The summed E-state index contributed by atoms with van der Waals surface area (Å²) in [4.78, 5) is 24.9. The fourth-order valence-corrected chi connectivity index (χ4v) is 1.83. The van der Waals surface area contributed by atoms with Crippen LogP contribution in [-0.4, -0.2) is 36.5 Å². The van der Waals surface area contributed by atoms with E-state index in [1.165, 1.54) is 11.0 Å². The number of hydrogen-bond donors (Lipinski definition) is 0. The molecule has 1 rings (SSSR count). The molecule has 0 saturated carbocycles. The Hall–Kier alpha value is -2.07. The van der Waals surface area contributed by atoms with Gasteiger partial charge < -0.3 is 9.64 Å². The minimum atomic E-state index is -0.446. The maximum Gasteiger partial charge on any atom is 0.325 e. The van der Waals surface area contributed by atoms with Crippen molar-refractivity contribution in [2.45, 2.75) is 6.92 Å². The van der Waals surface area contributed by atoms with Crippen molar-refractivity contribution in [1.82, 2.24) is 4.90 Å². The van der Waals surface area contributed by atoms with Crippen LogP contribution < -0.4 is 0 Å². The van der Waals surface area contributed by atoms with Gasteiger partial charge in [-0.25, -0.2) is 0 Å². The molecule has 0 fully saturated rings. The topological polar surface area (TPSA) is 46.6 Å². The first-order chi connectivity index (χ1) is 10.1. The van der Waals surface area contributed by atoms with Crippen LogP contribution in [0.2, 0.25) is 5.02 Å². The van der Waals surface area contributed by atoms with Crippen molar-refractivity contribution in [1.29, 1.82) is 0 Å². The fraction of sp³-hybridized carbons (Fsp3) is 0.250. The summed E-state index contributed by atoms with van der Waals surface area (Å²) < 4.78 is 4.84. The number of esters is 1. The molecule has 5 heteroatoms. The number of carbonyl (C=O) groups excluding carboxylic acids is 2. The number of nitrogens with zero attached hydrogens (tertiary/aromatic N) is 1. The fourth-order valence-electron chi connectivity index (χ4n) is 1.63. The molecule has 0 spiro atoms. The first-order valence-corrected chi connectivity index (χ1v) is 6.94. The summed E-state index contributed by atoms with van der Waals surface area (Å²) in [5, 5.41) is 0.558. The first kappa shape index (κ1) is 17.0. The van der Waals surface area contributed by atoms with Gasteiger partial charge in [0.05, 0.1) is 6.61 Å². The van der Waals surface area contributed by atoms with Gasteiger partial charge in [0.1, 0.15) is 6.54 Å². The standard InChI is InChI=1S/C16H18ClNO3/c1-3-11-18(12-16(20)21-4-2)15(19)10-9-13-7-5-6-8-14(13)17/h3,5-10H,1,4,11-12H2,2H3/b10-9+. The van der Waals surface area contributed by atoms with Crippen LogP contribution >= 0.6 is 11.6 Å². The Balaban J connectivity index is 2.75. The Bertz CT molecular complexity index is 540. The summed E-state index contributed by atoms with van der Waals surface area (Å²) in [5.41, 5.74) is 0.738. The van der Waals surface area contributed by atoms with E-state index >= 15 is 0 Å². The number of amides is 1. The van der Waals surface area contributed by atoms with Crippen LogP contribution in [0.1, 0.15) is 12.5 Å². The van der Waals surface area contributed by atoms with E-state index in [9.17, 15) is 9.59 Å². The molecule has 0 radical (unpaired) electrons. The lowest BCUT2D eigenvalue weighted by atomic mass is 10.2. The second-order valence-electron chi connectivity index (χ2n) is 4.17. The van der Waals surface area contributed by atoms with Crippen LogP contribution in [-0.2, 0) is 14.3 Å². The molecule has 0 aliphatic carbocycles. The van der Waals surface area contributed by atoms with Crippen molar-refractivity contribution in [2.24, 2.45) is 0 Å². The molecule has 0 atom stereocenters. The van der Waals surface area contributed by atoms with Crippen LogP contribution in [0.15, 0.2) is 43.0 Å². The Morgan fingerprint density at radius 2 is 2.10 bits per heavy atom. The number of hydrogen-bond acceptors (Lipinski definition) is 3. The lowest BCUT2D eigenvalue weighted by molar-refractivity contribution is -0.147. The first-order valence-electron chi connectivity index (χ1n) is 6.56. The van der Waals surface area contributed by atoms with Crippen LogP contribution in [0, 0.1) is 0 Å². The SMILES string of the molecule is C=CCN(CC(=O)OCC)C(=O)/C=C/c1ccccc1Cl. The average molecular weight is 308 g/mol. The quantitative estimate of drug-likeness (QED) is 0.442. The Labute approximate surface area is 129 Å². The van der Waals surface area contributed by atoms with Crippen LogP contribution in [0.4, 0.5) is 0 Å². The van der Waals surface area contributed by atoms with E-state index in [0.29, 0.717) is 5.02 Å². The van der Waals surface area contributed by atoms with E-state index in [-0.39, 0.29) is 25.6 Å². The van der Waals surface area contributed by atoms with Gasteiger partial charge in [0.15, 0.2) is 0 Å². The lowest BCUT2D eigenvalue weighted by Gasteiger charge is -2.18. The van der Waals surface area contributed by atoms with Gasteiger partial charge in [0, 0.05) is 17.6 Å². The van der Waals surface area contributed by atoms with Crippen LogP contribution in [0.25, 0.3) is 6.08 Å². The molecule has 0 aromatic heterocycles. The predicted molar refractivity (Wildman–Crippen MR) is 83.9 cm³/mol. The maximum atomic E-state index is 12.1. The maximum absolute atomic E-state index is 12.1. The molecule has 0 aliphatic heterocycles. The number of benzene rings is 1. The van der Waals surface area contributed by atoms with E-state index in [1.807, 2.05) is 12.1 Å². The molecule has 0 N–H and O–H groups in total. The van der Waals surface area contributed by atoms with Crippen molar-refractivity contribution < 1.29 is 14.3 Å². The summed E-state index contributed by atoms with van der Waals surface area (Å²) in [7, 11) is 0. The Kier molecular flexibility index (Phi) is 7.26. The molecular formula is C16H18ClNO3. The monoisotopic (exact) mass is 307 g/mol. The highest BCUT2D eigenvalue weighted by Gasteiger charge is 2.14. The second kappa shape index (κ2) is 8.97. The highest BCUT2D eigenvalue weighted by atomic mass is 35.5. The van der Waals surface area contributed by atoms with Crippen molar-refractivity contribution in [3.63, 3.8) is 0 Å². The van der Waals surface area contributed by atoms with Crippen LogP contribution in [0.5, 0.6) is 0 Å². The molecule has 21 heavy (non-hydrogen) atoms. The smallest absolute Gasteiger partial charge is 0.325 e. The summed E-state index contributed by atoms with van der Waals surface area (Å²) in [6.45, 7) is 5.74. The second-order valence-corrected chi connectivity index (χ2v) is 4.57. The molecule has 0 saturated heterocycles. The predicted octanol–water partition coefficient (Wildman–Crippen LogP) is 2.93. The van der Waals surface area contributed by atoms with Crippen LogP contribution in [0.3, 0.4) is 0 Å². The molecule has 0 aliphatic rings. The van der Waals surface area contributed by atoms with E-state index < -0.39 is 5.97 Å². The van der Waals surface area contributed by atoms with E-state index in [0.717, 1.165) is 5.56 Å². The molecule has 4 nitrogen and oxygen atoms in total. The molecule has 0 heterocycles. The van der Waals surface area contributed by atoms with Gasteiger partial charge in [-0.3, -0.25) is 9.59 Å². The summed E-state index contributed by atoms with van der Waals surface area (Å²) in [6.07, 6.45) is 4.55. The minimum absolute atomic E-state index is 0.106. The third-order valence-electron chi connectivity index (χ3n) is 2.60. The lowest BCUT2D eigenvalue weighted by Crippen LogP contribution is -2.35. The number of halogens is 1. The normalized spacial score (nSPS) is 10.4. The zero-order chi connectivity index (χ0) is 15.7. The number of ether oxygens (including phenoxy) is 1. The Morgan fingerprint density at radius 3 is 2.71 bits per heavy atom. The third-order valence-corrected chi connectivity index (χ3v) is 2.94. The number of carbonyl (C=O) groups is 2. The van der Waals surface area contributed by atoms with E-state index in [1.54, 1.807) is 31.2 Å². The third kappa shape index (κ3) is 5.83. The van der Waals surface area contributed by atoms with Gasteiger partial charge >= 0.3 is 5.97 Å². The highest BCUT2D eigenvalue weighted by Crippen LogP contribution is 2.16. The summed E-state index contributed by atoms with van der Waals surface area (Å²) in [6, 6.07) is 7.18. The molecular weight excluding hydrogens is 290 g/mol. The largest absolute Gasteiger partial charge is 0.465 e. The zero-order valence-corrected chi connectivity index (χ0v) is 12.7. The highest BCUT2D eigenvalue weighted by molar-refractivity contribution is 6.32. The Morgan fingerprint density at radius 1 is 1.38 bits per heavy atom. The zero-order valence-electron chi connectivity index (χ0n) is 11.9. The minimum Gasteiger partial charge on any atom is -0.465 e. The van der Waals surface area contributed by atoms with E-state index in [2.05, 4.69) is 6.58 Å². The molecule has 1 aromatic carbocycles. The molecule has 0 unspecified atom stereocenters. The van der Waals surface area contributed by atoms with Crippen molar-refractivity contribution in [3.05, 3.63) is 53.6 Å². The van der Waals surface area contributed by atoms with Gasteiger partial charge in [-0.2, -0.15) is 0 Å². The molecule has 1 aromatic rings. The van der Waals surface area contributed by atoms with Crippen molar-refractivity contribution >= 4 is 29.6 Å². The van der Waals surface area contributed by atoms with Crippen molar-refractivity contribution in [2.75, 3.05) is 19.7 Å². The van der Waals surface area contributed by atoms with Gasteiger partial charge in [-0.05, 0) is 24.6 Å². The molecule has 112 valence electrons. The van der Waals surface area contributed by atoms with Gasteiger partial charge in [-0.1, -0.05) is 35.9 Å². The van der Waals surface area contributed by atoms with Gasteiger partial charge in [0.2, 0.25) is 5.91 Å².